The quantitative estimate of drug-likeness (QED) is 0.690. The molecule has 1 N–H and O–H groups in total. The van der Waals surface area contributed by atoms with Crippen LogP contribution >= 0.6 is 12.4 Å². The summed E-state index contributed by atoms with van der Waals surface area (Å²) in [5.41, 5.74) is 3.17. The van der Waals surface area contributed by atoms with Crippen LogP contribution in [-0.2, 0) is 6.54 Å². The molecule has 3 aromatic rings. The maximum absolute atomic E-state index is 9.75. The predicted octanol–water partition coefficient (Wildman–Crippen LogP) is 3.71. The monoisotopic (exact) mass is 413 g/mol. The van der Waals surface area contributed by atoms with Crippen LogP contribution in [0.2, 0.25) is 0 Å². The van der Waals surface area contributed by atoms with Gasteiger partial charge in [-0.15, -0.1) is 12.4 Å². The largest absolute Gasteiger partial charge is 0.395 e. The SMILES string of the molecule is Cl.OCCn1c(-c2ccccc2)cc2c(N3CCCC3)nc(N3CCCC3)nc21. The third kappa shape index (κ3) is 3.67. The third-order valence-electron chi connectivity index (χ3n) is 5.91. The van der Waals surface area contributed by atoms with Gasteiger partial charge < -0.3 is 19.5 Å². The molecule has 0 aliphatic carbocycles. The Morgan fingerprint density at radius 3 is 2.17 bits per heavy atom. The van der Waals surface area contributed by atoms with Crippen molar-refractivity contribution >= 4 is 35.2 Å². The average Bonchev–Trinajstić information content (AvgIpc) is 3.49. The van der Waals surface area contributed by atoms with Crippen LogP contribution in [0.25, 0.3) is 22.3 Å². The van der Waals surface area contributed by atoms with Crippen LogP contribution in [-0.4, -0.2) is 52.4 Å². The molecule has 7 heteroatoms. The highest BCUT2D eigenvalue weighted by atomic mass is 35.5. The van der Waals surface area contributed by atoms with Gasteiger partial charge in [-0.3, -0.25) is 0 Å². The van der Waals surface area contributed by atoms with Crippen molar-refractivity contribution in [1.29, 1.82) is 0 Å². The molecule has 2 aromatic heterocycles. The molecule has 2 aliphatic rings. The van der Waals surface area contributed by atoms with Gasteiger partial charge in [0.25, 0.3) is 0 Å². The van der Waals surface area contributed by atoms with Crippen LogP contribution in [0.15, 0.2) is 36.4 Å². The van der Waals surface area contributed by atoms with Gasteiger partial charge in [-0.05, 0) is 37.3 Å². The van der Waals surface area contributed by atoms with E-state index in [0.717, 1.165) is 60.2 Å². The fraction of sp³-hybridized carbons (Fsp3) is 0.455. The summed E-state index contributed by atoms with van der Waals surface area (Å²) in [6.45, 7) is 4.78. The first-order valence-corrected chi connectivity index (χ1v) is 10.4. The van der Waals surface area contributed by atoms with Crippen molar-refractivity contribution in [3.8, 4) is 11.3 Å². The number of anilines is 2. The number of hydrogen-bond acceptors (Lipinski definition) is 5. The highest BCUT2D eigenvalue weighted by molar-refractivity contribution is 5.94. The number of aliphatic hydroxyl groups is 1. The first-order valence-electron chi connectivity index (χ1n) is 10.4. The highest BCUT2D eigenvalue weighted by Crippen LogP contribution is 2.35. The van der Waals surface area contributed by atoms with Crippen molar-refractivity contribution in [1.82, 2.24) is 14.5 Å². The molecular formula is C22H28ClN5O. The van der Waals surface area contributed by atoms with Crippen LogP contribution in [0.1, 0.15) is 25.7 Å². The zero-order chi connectivity index (χ0) is 18.9. The van der Waals surface area contributed by atoms with Gasteiger partial charge in [-0.2, -0.15) is 9.97 Å². The molecular weight excluding hydrogens is 386 g/mol. The second-order valence-corrected chi connectivity index (χ2v) is 7.74. The summed E-state index contributed by atoms with van der Waals surface area (Å²) in [6, 6.07) is 12.6. The summed E-state index contributed by atoms with van der Waals surface area (Å²) in [5, 5.41) is 10.8. The van der Waals surface area contributed by atoms with Crippen molar-refractivity contribution < 1.29 is 5.11 Å². The first-order chi connectivity index (χ1) is 13.8. The minimum Gasteiger partial charge on any atom is -0.395 e. The molecule has 0 spiro atoms. The number of halogens is 1. The molecule has 1 aromatic carbocycles. The number of aliphatic hydroxyl groups excluding tert-OH is 1. The molecule has 0 unspecified atom stereocenters. The van der Waals surface area contributed by atoms with Crippen molar-refractivity contribution in [3.63, 3.8) is 0 Å². The maximum Gasteiger partial charge on any atom is 0.229 e. The lowest BCUT2D eigenvalue weighted by Gasteiger charge is -2.21. The summed E-state index contributed by atoms with van der Waals surface area (Å²) in [7, 11) is 0. The zero-order valence-electron chi connectivity index (χ0n) is 16.6. The Bertz CT molecular complexity index is 962. The number of rotatable bonds is 5. The highest BCUT2D eigenvalue weighted by Gasteiger charge is 2.25. The normalized spacial score (nSPS) is 16.6. The van der Waals surface area contributed by atoms with Gasteiger partial charge in [-0.25, -0.2) is 0 Å². The summed E-state index contributed by atoms with van der Waals surface area (Å²) < 4.78 is 2.16. The molecule has 2 saturated heterocycles. The van der Waals surface area contributed by atoms with Crippen LogP contribution < -0.4 is 9.80 Å². The Balaban J connectivity index is 0.00000205. The zero-order valence-corrected chi connectivity index (χ0v) is 17.4. The van der Waals surface area contributed by atoms with Crippen molar-refractivity contribution in [3.05, 3.63) is 36.4 Å². The molecule has 0 radical (unpaired) electrons. The summed E-state index contributed by atoms with van der Waals surface area (Å²) in [4.78, 5) is 14.7. The van der Waals surface area contributed by atoms with E-state index in [1.165, 1.54) is 25.7 Å². The predicted molar refractivity (Wildman–Crippen MR) is 120 cm³/mol. The molecule has 5 rings (SSSR count). The van der Waals surface area contributed by atoms with Crippen molar-refractivity contribution in [2.24, 2.45) is 0 Å². The van der Waals surface area contributed by atoms with E-state index in [0.29, 0.717) is 6.54 Å². The Hall–Kier alpha value is -2.31. The number of aromatic nitrogens is 3. The fourth-order valence-corrected chi connectivity index (χ4v) is 4.50. The smallest absolute Gasteiger partial charge is 0.229 e. The van der Waals surface area contributed by atoms with Crippen LogP contribution in [0.4, 0.5) is 11.8 Å². The molecule has 4 heterocycles. The molecule has 0 saturated carbocycles. The second kappa shape index (κ2) is 8.59. The third-order valence-corrected chi connectivity index (χ3v) is 5.91. The van der Waals surface area contributed by atoms with Crippen molar-refractivity contribution in [2.45, 2.75) is 32.2 Å². The molecule has 0 atom stereocenters. The van der Waals surface area contributed by atoms with E-state index in [1.54, 1.807) is 0 Å². The maximum atomic E-state index is 9.75. The van der Waals surface area contributed by atoms with Gasteiger partial charge >= 0.3 is 0 Å². The lowest BCUT2D eigenvalue weighted by Crippen LogP contribution is -2.24. The van der Waals surface area contributed by atoms with E-state index in [9.17, 15) is 5.11 Å². The molecule has 0 amide bonds. The minimum atomic E-state index is 0. The van der Waals surface area contributed by atoms with Gasteiger partial charge in [-0.1, -0.05) is 30.3 Å². The number of nitrogens with zero attached hydrogens (tertiary/aromatic N) is 5. The summed E-state index contributed by atoms with van der Waals surface area (Å²) in [5.74, 6) is 1.89. The lowest BCUT2D eigenvalue weighted by atomic mass is 10.1. The van der Waals surface area contributed by atoms with Gasteiger partial charge in [0.15, 0.2) is 0 Å². The number of fused-ring (bicyclic) bond motifs is 1. The lowest BCUT2D eigenvalue weighted by molar-refractivity contribution is 0.278. The molecule has 2 aliphatic heterocycles. The van der Waals surface area contributed by atoms with Crippen LogP contribution in [0, 0.1) is 0 Å². The number of benzene rings is 1. The Labute approximate surface area is 177 Å². The van der Waals surface area contributed by atoms with Gasteiger partial charge in [0.2, 0.25) is 5.95 Å². The minimum absolute atomic E-state index is 0. The van der Waals surface area contributed by atoms with E-state index < -0.39 is 0 Å². The molecule has 0 bridgehead atoms. The Morgan fingerprint density at radius 1 is 0.862 bits per heavy atom. The van der Waals surface area contributed by atoms with E-state index >= 15 is 0 Å². The Morgan fingerprint density at radius 2 is 1.52 bits per heavy atom. The van der Waals surface area contributed by atoms with E-state index in [1.807, 2.05) is 6.07 Å². The number of hydrogen-bond donors (Lipinski definition) is 1. The van der Waals surface area contributed by atoms with Gasteiger partial charge in [0.05, 0.1) is 17.7 Å². The molecule has 154 valence electrons. The topological polar surface area (TPSA) is 57.4 Å². The fourth-order valence-electron chi connectivity index (χ4n) is 4.50. The van der Waals surface area contributed by atoms with Crippen LogP contribution in [0.5, 0.6) is 0 Å². The summed E-state index contributed by atoms with van der Waals surface area (Å²) >= 11 is 0. The molecule has 2 fully saturated rings. The summed E-state index contributed by atoms with van der Waals surface area (Å²) in [6.07, 6.45) is 4.83. The van der Waals surface area contributed by atoms with Crippen molar-refractivity contribution in [2.75, 3.05) is 42.6 Å². The van der Waals surface area contributed by atoms with E-state index in [4.69, 9.17) is 9.97 Å². The molecule has 6 nitrogen and oxygen atoms in total. The van der Waals surface area contributed by atoms with E-state index in [2.05, 4.69) is 44.7 Å². The van der Waals surface area contributed by atoms with Gasteiger partial charge in [0.1, 0.15) is 11.5 Å². The average molecular weight is 414 g/mol. The van der Waals surface area contributed by atoms with Gasteiger partial charge in [0, 0.05) is 32.7 Å². The molecule has 29 heavy (non-hydrogen) atoms. The van der Waals surface area contributed by atoms with E-state index in [-0.39, 0.29) is 19.0 Å². The first kappa shape index (κ1) is 20.0. The standard InChI is InChI=1S/C22H27N5O.ClH/c28-15-14-27-19(17-8-2-1-3-9-17)16-18-20(25-10-4-5-11-25)23-22(24-21(18)27)26-12-6-7-13-26;/h1-3,8-9,16,28H,4-7,10-15H2;1H. The Kier molecular flexibility index (Phi) is 5.92. The second-order valence-electron chi connectivity index (χ2n) is 7.74. The van der Waals surface area contributed by atoms with Crippen LogP contribution in [0.3, 0.4) is 0 Å².